The Bertz CT molecular complexity index is 3130. The summed E-state index contributed by atoms with van der Waals surface area (Å²) in [7, 11) is 0. The second kappa shape index (κ2) is 11.2. The van der Waals surface area contributed by atoms with E-state index in [9.17, 15) is 0 Å². The first-order valence-electron chi connectivity index (χ1n) is 17.1. The van der Waals surface area contributed by atoms with Gasteiger partial charge in [0.2, 0.25) is 0 Å². The largest absolute Gasteiger partial charge is 0.294 e. The second-order valence-electron chi connectivity index (χ2n) is 12.9. The lowest BCUT2D eigenvalue weighted by Gasteiger charge is -2.13. The quantitative estimate of drug-likeness (QED) is 0.185. The van der Waals surface area contributed by atoms with Crippen molar-refractivity contribution in [3.05, 3.63) is 164 Å². The van der Waals surface area contributed by atoms with E-state index >= 15 is 0 Å². The molecule has 0 unspecified atom stereocenters. The Hall–Kier alpha value is -6.14. The van der Waals surface area contributed by atoms with Crippen molar-refractivity contribution in [2.24, 2.45) is 0 Å². The topological polar surface area (TPSA) is 30.7 Å². The Kier molecular flexibility index (Phi) is 6.29. The standard InChI is InChI=1S/C46H27N3S2/c1-2-11-28(12-3-1)29-21-23-30(24-22-29)46-47-37(35-17-10-16-33-31-13-5-8-19-40(31)50-44(33)35)27-42(48-46)49-38-18-7-4-15-36(38)43-39(49)26-25-34-32-14-6-9-20-41(32)51-45(34)43/h1-27H. The molecule has 5 heteroatoms. The van der Waals surface area contributed by atoms with Crippen LogP contribution in [0.1, 0.15) is 0 Å². The Balaban J connectivity index is 1.20. The van der Waals surface area contributed by atoms with Gasteiger partial charge in [-0.2, -0.15) is 0 Å². The van der Waals surface area contributed by atoms with E-state index in [4.69, 9.17) is 9.97 Å². The zero-order valence-electron chi connectivity index (χ0n) is 27.2. The molecular weight excluding hydrogens is 659 g/mol. The number of thiophene rings is 2. The fourth-order valence-electron chi connectivity index (χ4n) is 7.69. The molecule has 11 aromatic rings. The summed E-state index contributed by atoms with van der Waals surface area (Å²) in [5.74, 6) is 1.56. The molecule has 51 heavy (non-hydrogen) atoms. The minimum atomic E-state index is 0.703. The second-order valence-corrected chi connectivity index (χ2v) is 15.1. The number of fused-ring (bicyclic) bond motifs is 10. The van der Waals surface area contributed by atoms with Crippen molar-refractivity contribution in [2.75, 3.05) is 0 Å². The van der Waals surface area contributed by atoms with E-state index in [1.165, 1.54) is 62.2 Å². The predicted octanol–water partition coefficient (Wildman–Crippen LogP) is 13.3. The van der Waals surface area contributed by atoms with Crippen LogP contribution in [0.15, 0.2) is 164 Å². The molecule has 0 fully saturated rings. The molecule has 0 aliphatic rings. The summed E-state index contributed by atoms with van der Waals surface area (Å²) in [6, 6.07) is 58.6. The third-order valence-corrected chi connectivity index (χ3v) is 12.5. The van der Waals surface area contributed by atoms with Gasteiger partial charge < -0.3 is 0 Å². The Morgan fingerprint density at radius 3 is 1.80 bits per heavy atom. The van der Waals surface area contributed by atoms with Crippen molar-refractivity contribution in [3.63, 3.8) is 0 Å². The number of para-hydroxylation sites is 1. The van der Waals surface area contributed by atoms with Crippen LogP contribution in [-0.4, -0.2) is 14.5 Å². The maximum atomic E-state index is 5.38. The van der Waals surface area contributed by atoms with Crippen molar-refractivity contribution in [1.29, 1.82) is 0 Å². The third-order valence-electron chi connectivity index (χ3n) is 10.1. The molecule has 0 N–H and O–H groups in total. The van der Waals surface area contributed by atoms with Crippen LogP contribution in [0, 0.1) is 0 Å². The zero-order chi connectivity index (χ0) is 33.5. The third kappa shape index (κ3) is 4.42. The summed E-state index contributed by atoms with van der Waals surface area (Å²) in [4.78, 5) is 10.7. The number of hydrogen-bond donors (Lipinski definition) is 0. The highest BCUT2D eigenvalue weighted by Gasteiger charge is 2.21. The molecule has 238 valence electrons. The lowest BCUT2D eigenvalue weighted by molar-refractivity contribution is 1.05. The van der Waals surface area contributed by atoms with Crippen LogP contribution in [0.4, 0.5) is 0 Å². The van der Waals surface area contributed by atoms with E-state index in [-0.39, 0.29) is 0 Å². The molecule has 7 aromatic carbocycles. The monoisotopic (exact) mass is 685 g/mol. The fraction of sp³-hybridized carbons (Fsp3) is 0. The van der Waals surface area contributed by atoms with Gasteiger partial charge in [0.15, 0.2) is 5.82 Å². The summed E-state index contributed by atoms with van der Waals surface area (Å²) in [5, 5.41) is 7.63. The number of rotatable bonds is 4. The minimum Gasteiger partial charge on any atom is -0.294 e. The van der Waals surface area contributed by atoms with E-state index in [0.717, 1.165) is 33.7 Å². The number of aromatic nitrogens is 3. The summed E-state index contributed by atoms with van der Waals surface area (Å²) in [6.07, 6.45) is 0. The highest BCUT2D eigenvalue weighted by atomic mass is 32.1. The molecule has 11 rings (SSSR count). The molecule has 0 saturated carbocycles. The smallest absolute Gasteiger partial charge is 0.162 e. The summed E-state index contributed by atoms with van der Waals surface area (Å²) in [5.41, 5.74) is 7.64. The first-order chi connectivity index (χ1) is 25.3. The molecular formula is C46H27N3S2. The van der Waals surface area contributed by atoms with E-state index in [2.05, 4.69) is 168 Å². The van der Waals surface area contributed by atoms with Crippen LogP contribution in [0.5, 0.6) is 0 Å². The lowest BCUT2D eigenvalue weighted by Crippen LogP contribution is -2.02. The van der Waals surface area contributed by atoms with Crippen molar-refractivity contribution in [3.8, 4) is 39.6 Å². The van der Waals surface area contributed by atoms with E-state index in [1.54, 1.807) is 0 Å². The summed E-state index contributed by atoms with van der Waals surface area (Å²) < 4.78 is 7.47. The zero-order valence-corrected chi connectivity index (χ0v) is 28.9. The Morgan fingerprint density at radius 2 is 1.02 bits per heavy atom. The molecule has 0 bridgehead atoms. The minimum absolute atomic E-state index is 0.703. The number of hydrogen-bond acceptors (Lipinski definition) is 4. The van der Waals surface area contributed by atoms with Gasteiger partial charge in [0.1, 0.15) is 5.82 Å². The van der Waals surface area contributed by atoms with E-state index in [0.29, 0.717) is 5.82 Å². The molecule has 0 aliphatic carbocycles. The molecule has 0 amide bonds. The van der Waals surface area contributed by atoms with Gasteiger partial charge in [-0.15, -0.1) is 22.7 Å². The molecule has 0 aliphatic heterocycles. The normalized spacial score (nSPS) is 11.9. The van der Waals surface area contributed by atoms with Crippen molar-refractivity contribution >= 4 is 84.8 Å². The average Bonchev–Trinajstić information content (AvgIpc) is 3.88. The van der Waals surface area contributed by atoms with E-state index in [1.807, 2.05) is 22.7 Å². The molecule has 0 saturated heterocycles. The molecule has 0 spiro atoms. The van der Waals surface area contributed by atoms with Crippen LogP contribution in [0.2, 0.25) is 0 Å². The number of benzene rings is 7. The predicted molar refractivity (Wildman–Crippen MR) is 218 cm³/mol. The van der Waals surface area contributed by atoms with Gasteiger partial charge in [0, 0.05) is 68.3 Å². The van der Waals surface area contributed by atoms with Crippen LogP contribution in [-0.2, 0) is 0 Å². The van der Waals surface area contributed by atoms with Gasteiger partial charge in [-0.3, -0.25) is 4.57 Å². The van der Waals surface area contributed by atoms with Crippen LogP contribution < -0.4 is 0 Å². The van der Waals surface area contributed by atoms with Crippen LogP contribution in [0.25, 0.3) is 102 Å². The lowest BCUT2D eigenvalue weighted by atomic mass is 10.0. The molecule has 0 atom stereocenters. The van der Waals surface area contributed by atoms with Gasteiger partial charge >= 0.3 is 0 Å². The molecule has 4 aromatic heterocycles. The first kappa shape index (κ1) is 28.7. The molecule has 0 radical (unpaired) electrons. The molecule has 3 nitrogen and oxygen atoms in total. The van der Waals surface area contributed by atoms with E-state index < -0.39 is 0 Å². The van der Waals surface area contributed by atoms with Gasteiger partial charge in [-0.1, -0.05) is 133 Å². The maximum absolute atomic E-state index is 5.38. The Labute approximate surface area is 301 Å². The van der Waals surface area contributed by atoms with Crippen molar-refractivity contribution in [1.82, 2.24) is 14.5 Å². The van der Waals surface area contributed by atoms with Crippen molar-refractivity contribution < 1.29 is 0 Å². The van der Waals surface area contributed by atoms with Gasteiger partial charge in [0.05, 0.1) is 16.7 Å². The van der Waals surface area contributed by atoms with Gasteiger partial charge in [-0.05, 0) is 35.4 Å². The first-order valence-corrected chi connectivity index (χ1v) is 18.7. The Morgan fingerprint density at radius 1 is 0.412 bits per heavy atom. The molecule has 4 heterocycles. The van der Waals surface area contributed by atoms with Crippen LogP contribution in [0.3, 0.4) is 0 Å². The SMILES string of the molecule is c1ccc(-c2ccc(-c3nc(-c4cccc5c4sc4ccccc45)cc(-n4c5ccccc5c5c6sc7ccccc7c6ccc54)n3)cc2)cc1. The summed E-state index contributed by atoms with van der Waals surface area (Å²) in [6.45, 7) is 0. The summed E-state index contributed by atoms with van der Waals surface area (Å²) >= 11 is 3.70. The highest BCUT2D eigenvalue weighted by Crippen LogP contribution is 2.44. The number of nitrogens with zero attached hydrogens (tertiary/aromatic N) is 3. The average molecular weight is 686 g/mol. The van der Waals surface area contributed by atoms with Crippen LogP contribution >= 0.6 is 22.7 Å². The fourth-order valence-corrected chi connectivity index (χ4v) is 10.2. The highest BCUT2D eigenvalue weighted by molar-refractivity contribution is 7.27. The van der Waals surface area contributed by atoms with Crippen molar-refractivity contribution in [2.45, 2.75) is 0 Å². The van der Waals surface area contributed by atoms with Gasteiger partial charge in [-0.25, -0.2) is 9.97 Å². The maximum Gasteiger partial charge on any atom is 0.162 e. The van der Waals surface area contributed by atoms with Gasteiger partial charge in [0.25, 0.3) is 0 Å².